The lowest BCUT2D eigenvalue weighted by molar-refractivity contribution is -0.114. The van der Waals surface area contributed by atoms with Gasteiger partial charge in [0.25, 0.3) is 10.0 Å². The number of anilines is 2. The number of benzene rings is 3. The van der Waals surface area contributed by atoms with Gasteiger partial charge in [0.05, 0.1) is 36.4 Å². The maximum Gasteiger partial charge on any atom is 0.264 e. The summed E-state index contributed by atoms with van der Waals surface area (Å²) in [7, 11) is -4.09. The van der Waals surface area contributed by atoms with Crippen molar-refractivity contribution in [1.82, 2.24) is 0 Å². The van der Waals surface area contributed by atoms with Gasteiger partial charge in [0.15, 0.2) is 0 Å². The van der Waals surface area contributed by atoms with Crippen molar-refractivity contribution in [3.8, 4) is 0 Å². The lowest BCUT2D eigenvalue weighted by Gasteiger charge is -2.24. The number of sulfonamides is 1. The summed E-state index contributed by atoms with van der Waals surface area (Å²) in [6, 6.07) is 15.4. The minimum atomic E-state index is -4.09. The van der Waals surface area contributed by atoms with Crippen LogP contribution in [-0.4, -0.2) is 20.9 Å². The zero-order chi connectivity index (χ0) is 22.8. The molecule has 10 heteroatoms. The van der Waals surface area contributed by atoms with E-state index in [2.05, 4.69) is 5.32 Å². The van der Waals surface area contributed by atoms with Crippen LogP contribution in [0.3, 0.4) is 0 Å². The molecule has 3 aromatic carbocycles. The first kappa shape index (κ1) is 23.7. The van der Waals surface area contributed by atoms with E-state index in [1.165, 1.54) is 30.3 Å². The maximum atomic E-state index is 13.4. The van der Waals surface area contributed by atoms with E-state index in [1.807, 2.05) is 6.92 Å². The highest BCUT2D eigenvalue weighted by Gasteiger charge is 2.28. The number of rotatable bonds is 6. The first-order valence-corrected chi connectivity index (χ1v) is 11.8. The second-order valence-corrected chi connectivity index (χ2v) is 10.0. The molecule has 3 aromatic rings. The van der Waals surface area contributed by atoms with Crippen molar-refractivity contribution in [3.05, 3.63) is 86.3 Å². The molecule has 0 aromatic heterocycles. The van der Waals surface area contributed by atoms with Crippen LogP contribution in [0.1, 0.15) is 5.56 Å². The molecule has 0 saturated carbocycles. The summed E-state index contributed by atoms with van der Waals surface area (Å²) in [5.41, 5.74) is 1.34. The Balaban J connectivity index is 1.99. The van der Waals surface area contributed by atoms with E-state index < -0.39 is 22.5 Å². The van der Waals surface area contributed by atoms with Crippen LogP contribution < -0.4 is 9.62 Å². The predicted octanol–water partition coefficient (Wildman–Crippen LogP) is 6.44. The molecule has 0 aliphatic heterocycles. The molecule has 0 unspecified atom stereocenters. The number of amides is 1. The molecule has 1 amide bonds. The van der Waals surface area contributed by atoms with Gasteiger partial charge in [0.1, 0.15) is 6.54 Å². The van der Waals surface area contributed by atoms with Crippen LogP contribution >= 0.6 is 46.4 Å². The van der Waals surface area contributed by atoms with Crippen molar-refractivity contribution in [2.45, 2.75) is 11.8 Å². The topological polar surface area (TPSA) is 66.5 Å². The number of carbonyl (C=O) groups is 1. The fourth-order valence-electron chi connectivity index (χ4n) is 2.71. The van der Waals surface area contributed by atoms with Gasteiger partial charge in [-0.25, -0.2) is 8.42 Å². The van der Waals surface area contributed by atoms with Crippen molar-refractivity contribution in [2.75, 3.05) is 16.2 Å². The van der Waals surface area contributed by atoms with Gasteiger partial charge < -0.3 is 5.32 Å². The first-order chi connectivity index (χ1) is 14.6. The fraction of sp³-hybridized carbons (Fsp3) is 0.0952. The Labute approximate surface area is 200 Å². The van der Waals surface area contributed by atoms with Crippen LogP contribution in [0.25, 0.3) is 0 Å². The molecule has 0 heterocycles. The quantitative estimate of drug-likeness (QED) is 0.409. The molecular weight excluding hydrogens is 502 g/mol. The van der Waals surface area contributed by atoms with Crippen molar-refractivity contribution < 1.29 is 13.2 Å². The van der Waals surface area contributed by atoms with Crippen molar-refractivity contribution in [2.24, 2.45) is 0 Å². The molecule has 0 atom stereocenters. The number of halogens is 4. The van der Waals surface area contributed by atoms with Gasteiger partial charge in [-0.1, -0.05) is 70.2 Å². The molecule has 3 rings (SSSR count). The molecule has 0 aliphatic rings. The van der Waals surface area contributed by atoms with Crippen LogP contribution in [0, 0.1) is 6.92 Å². The Morgan fingerprint density at radius 1 is 0.903 bits per heavy atom. The van der Waals surface area contributed by atoms with Gasteiger partial charge in [-0.2, -0.15) is 0 Å². The first-order valence-electron chi connectivity index (χ1n) is 8.88. The van der Waals surface area contributed by atoms with Gasteiger partial charge in [-0.15, -0.1) is 0 Å². The van der Waals surface area contributed by atoms with E-state index in [9.17, 15) is 13.2 Å². The summed E-state index contributed by atoms with van der Waals surface area (Å²) in [5, 5.41) is 3.41. The zero-order valence-electron chi connectivity index (χ0n) is 16.1. The third-order valence-corrected chi connectivity index (χ3v) is 7.66. The standard InChI is InChI=1S/C21H16Cl4N2O3S/c1-13-5-8-15(9-6-13)31(29,30)27(14-7-10-16(22)18(24)11-14)12-20(28)26-19-4-2-3-17(23)21(19)25/h2-11H,12H2,1H3,(H,26,28). The highest BCUT2D eigenvalue weighted by atomic mass is 35.5. The van der Waals surface area contributed by atoms with Crippen LogP contribution in [-0.2, 0) is 14.8 Å². The van der Waals surface area contributed by atoms with Crippen LogP contribution in [0.4, 0.5) is 11.4 Å². The average molecular weight is 518 g/mol. The Morgan fingerprint density at radius 3 is 2.23 bits per heavy atom. The molecule has 0 fully saturated rings. The van der Waals surface area contributed by atoms with Crippen molar-refractivity contribution in [3.63, 3.8) is 0 Å². The zero-order valence-corrected chi connectivity index (χ0v) is 19.9. The normalized spacial score (nSPS) is 11.3. The number of aryl methyl sites for hydroxylation is 1. The smallest absolute Gasteiger partial charge is 0.264 e. The lowest BCUT2D eigenvalue weighted by atomic mass is 10.2. The number of hydrogen-bond donors (Lipinski definition) is 1. The lowest BCUT2D eigenvalue weighted by Crippen LogP contribution is -2.38. The van der Waals surface area contributed by atoms with E-state index >= 15 is 0 Å². The van der Waals surface area contributed by atoms with Crippen molar-refractivity contribution >= 4 is 73.7 Å². The highest BCUT2D eigenvalue weighted by molar-refractivity contribution is 7.92. The fourth-order valence-corrected chi connectivity index (χ4v) is 4.77. The Hall–Kier alpha value is -1.96. The number of nitrogens with zero attached hydrogens (tertiary/aromatic N) is 1. The SMILES string of the molecule is Cc1ccc(S(=O)(=O)N(CC(=O)Nc2cccc(Cl)c2Cl)c2ccc(Cl)c(Cl)c2)cc1. The van der Waals surface area contributed by atoms with Crippen LogP contribution in [0.5, 0.6) is 0 Å². The summed E-state index contributed by atoms with van der Waals surface area (Å²) in [5.74, 6) is -0.620. The van der Waals surface area contributed by atoms with Gasteiger partial charge in [0.2, 0.25) is 5.91 Å². The molecule has 0 spiro atoms. The molecule has 1 N–H and O–H groups in total. The molecule has 0 aliphatic carbocycles. The Morgan fingerprint density at radius 2 is 1.58 bits per heavy atom. The monoisotopic (exact) mass is 516 g/mol. The van der Waals surface area contributed by atoms with Gasteiger partial charge in [0, 0.05) is 0 Å². The summed E-state index contributed by atoms with van der Waals surface area (Å²) in [6.45, 7) is 1.31. The van der Waals surface area contributed by atoms with E-state index in [0.717, 1.165) is 9.87 Å². The van der Waals surface area contributed by atoms with E-state index in [4.69, 9.17) is 46.4 Å². The molecule has 0 radical (unpaired) electrons. The second kappa shape index (κ2) is 9.67. The van der Waals surface area contributed by atoms with Gasteiger partial charge in [-0.3, -0.25) is 9.10 Å². The number of carbonyl (C=O) groups excluding carboxylic acids is 1. The summed E-state index contributed by atoms with van der Waals surface area (Å²) in [6.07, 6.45) is 0. The number of nitrogens with one attached hydrogen (secondary N) is 1. The summed E-state index contributed by atoms with van der Waals surface area (Å²) in [4.78, 5) is 12.8. The van der Waals surface area contributed by atoms with Gasteiger partial charge >= 0.3 is 0 Å². The Kier molecular flexibility index (Phi) is 7.39. The third-order valence-electron chi connectivity index (χ3n) is 4.31. The Bertz CT molecular complexity index is 1230. The largest absolute Gasteiger partial charge is 0.323 e. The predicted molar refractivity (Wildman–Crippen MR) is 127 cm³/mol. The maximum absolute atomic E-state index is 13.4. The minimum absolute atomic E-state index is 0.0257. The number of hydrogen-bond acceptors (Lipinski definition) is 3. The molecule has 5 nitrogen and oxygen atoms in total. The van der Waals surface area contributed by atoms with E-state index in [0.29, 0.717) is 0 Å². The minimum Gasteiger partial charge on any atom is -0.323 e. The summed E-state index contributed by atoms with van der Waals surface area (Å²) < 4.78 is 27.7. The summed E-state index contributed by atoms with van der Waals surface area (Å²) >= 11 is 24.2. The second-order valence-electron chi connectivity index (χ2n) is 6.57. The third kappa shape index (κ3) is 5.45. The van der Waals surface area contributed by atoms with Gasteiger partial charge in [-0.05, 0) is 49.4 Å². The molecule has 31 heavy (non-hydrogen) atoms. The van der Waals surface area contributed by atoms with Crippen molar-refractivity contribution in [1.29, 1.82) is 0 Å². The van der Waals surface area contributed by atoms with Crippen LogP contribution in [0.2, 0.25) is 20.1 Å². The van der Waals surface area contributed by atoms with E-state index in [1.54, 1.807) is 30.3 Å². The molecule has 162 valence electrons. The molecule has 0 saturated heterocycles. The van der Waals surface area contributed by atoms with E-state index in [-0.39, 0.29) is 36.4 Å². The average Bonchev–Trinajstić information content (AvgIpc) is 2.72. The highest BCUT2D eigenvalue weighted by Crippen LogP contribution is 2.32. The molecular formula is C21H16Cl4N2O3S. The van der Waals surface area contributed by atoms with Crippen LogP contribution in [0.15, 0.2) is 65.6 Å². The molecule has 0 bridgehead atoms.